The molecule has 1 unspecified atom stereocenters. The standard InChI is InChI=1S/C11H9N3O2S.C11H13NO/c1-11(9(15)13-10(16)14-11)8-4-6-5-12-3-2-7(6)17-8;1-8-11-6-10(13-3)5-4-9(11)7-12(8)2/h2-5H,1H3,(H2,13,14,15,16);4-6H,1,7H2,2-3H3. The van der Waals surface area contributed by atoms with Crippen LogP contribution in [-0.2, 0) is 16.9 Å². The minimum Gasteiger partial charge on any atom is -0.497 e. The zero-order chi connectivity index (χ0) is 21.5. The first kappa shape index (κ1) is 19.9. The molecule has 2 aliphatic heterocycles. The highest BCUT2D eigenvalue weighted by Gasteiger charge is 2.44. The highest BCUT2D eigenvalue weighted by molar-refractivity contribution is 7.19. The molecular weight excluding hydrogens is 400 g/mol. The molecule has 7 nitrogen and oxygen atoms in total. The van der Waals surface area contributed by atoms with E-state index in [-0.39, 0.29) is 5.91 Å². The lowest BCUT2D eigenvalue weighted by Crippen LogP contribution is -2.39. The molecule has 1 saturated heterocycles. The Kier molecular flexibility index (Phi) is 4.95. The van der Waals surface area contributed by atoms with Gasteiger partial charge in [0.2, 0.25) is 0 Å². The van der Waals surface area contributed by atoms with Crippen molar-refractivity contribution in [2.45, 2.75) is 19.0 Å². The maximum Gasteiger partial charge on any atom is 0.322 e. The van der Waals surface area contributed by atoms with Crippen LogP contribution in [0, 0.1) is 0 Å². The Morgan fingerprint density at radius 1 is 1.27 bits per heavy atom. The Labute approximate surface area is 178 Å². The zero-order valence-electron chi connectivity index (χ0n) is 17.0. The third-order valence-electron chi connectivity index (χ3n) is 5.35. The van der Waals surface area contributed by atoms with Gasteiger partial charge in [-0.2, -0.15) is 0 Å². The molecule has 1 fully saturated rings. The molecule has 8 heteroatoms. The number of nitrogens with zero attached hydrogens (tertiary/aromatic N) is 2. The van der Waals surface area contributed by atoms with Gasteiger partial charge in [-0.1, -0.05) is 12.6 Å². The SMILES string of the molecule is C=C1c2cc(OC)ccc2CN1C.CC1(c2cc3cnccc3s2)NC(=O)NC1=O. The number of benzene rings is 1. The second-order valence-corrected chi connectivity index (χ2v) is 8.47. The average Bonchev–Trinajstić information content (AvgIpc) is 3.37. The van der Waals surface area contributed by atoms with Gasteiger partial charge >= 0.3 is 6.03 Å². The maximum absolute atomic E-state index is 11.8. The molecule has 1 atom stereocenters. The first-order valence-corrected chi connectivity index (χ1v) is 10.2. The molecule has 2 aliphatic rings. The van der Waals surface area contributed by atoms with Crippen molar-refractivity contribution in [3.8, 4) is 5.75 Å². The van der Waals surface area contributed by atoms with E-state index < -0.39 is 11.6 Å². The Morgan fingerprint density at radius 2 is 2.07 bits per heavy atom. The topological polar surface area (TPSA) is 83.6 Å². The average molecular weight is 423 g/mol. The van der Waals surface area contributed by atoms with Crippen molar-refractivity contribution in [2.75, 3.05) is 14.2 Å². The fourth-order valence-corrected chi connectivity index (χ4v) is 4.62. The third-order valence-corrected chi connectivity index (χ3v) is 6.69. The van der Waals surface area contributed by atoms with Gasteiger partial charge in [-0.15, -0.1) is 11.3 Å². The summed E-state index contributed by atoms with van der Waals surface area (Å²) < 4.78 is 6.21. The number of urea groups is 1. The van der Waals surface area contributed by atoms with Crippen molar-refractivity contribution in [3.05, 3.63) is 65.3 Å². The van der Waals surface area contributed by atoms with Crippen LogP contribution < -0.4 is 15.4 Å². The van der Waals surface area contributed by atoms with E-state index in [1.54, 1.807) is 26.4 Å². The highest BCUT2D eigenvalue weighted by atomic mass is 32.1. The predicted octanol–water partition coefficient (Wildman–Crippen LogP) is 3.46. The number of methoxy groups -OCH3 is 1. The van der Waals surface area contributed by atoms with E-state index in [1.807, 2.05) is 24.3 Å². The molecule has 0 bridgehead atoms. The fraction of sp³-hybridized carbons (Fsp3) is 0.227. The number of fused-ring (bicyclic) bond motifs is 2. The number of imide groups is 1. The van der Waals surface area contributed by atoms with E-state index in [0.29, 0.717) is 0 Å². The Bertz CT molecular complexity index is 1140. The van der Waals surface area contributed by atoms with Crippen LogP contribution in [0.1, 0.15) is 22.9 Å². The Balaban J connectivity index is 0.000000151. The van der Waals surface area contributed by atoms with Crippen molar-refractivity contribution in [1.82, 2.24) is 20.5 Å². The molecule has 30 heavy (non-hydrogen) atoms. The summed E-state index contributed by atoms with van der Waals surface area (Å²) in [4.78, 5) is 30.0. The van der Waals surface area contributed by atoms with E-state index in [0.717, 1.165) is 33.0 Å². The quantitative estimate of drug-likeness (QED) is 0.618. The number of pyridine rings is 1. The van der Waals surface area contributed by atoms with Crippen molar-refractivity contribution < 1.29 is 14.3 Å². The zero-order valence-corrected chi connectivity index (χ0v) is 17.8. The number of carbonyl (C=O) groups is 2. The molecule has 1 aromatic carbocycles. The third kappa shape index (κ3) is 3.39. The Morgan fingerprint density at radius 3 is 2.73 bits per heavy atom. The molecule has 3 amide bonds. The van der Waals surface area contributed by atoms with E-state index >= 15 is 0 Å². The second kappa shape index (κ2) is 7.46. The lowest BCUT2D eigenvalue weighted by molar-refractivity contribution is -0.123. The predicted molar refractivity (Wildman–Crippen MR) is 117 cm³/mol. The molecule has 0 radical (unpaired) electrons. The van der Waals surface area contributed by atoms with Gasteiger partial charge in [0.25, 0.3) is 5.91 Å². The van der Waals surface area contributed by atoms with Crippen molar-refractivity contribution >= 4 is 39.1 Å². The van der Waals surface area contributed by atoms with E-state index in [1.165, 1.54) is 22.5 Å². The van der Waals surface area contributed by atoms with Crippen LogP contribution in [0.4, 0.5) is 4.79 Å². The molecule has 0 aliphatic carbocycles. The molecule has 2 aromatic heterocycles. The molecule has 4 heterocycles. The number of rotatable bonds is 2. The lowest BCUT2D eigenvalue weighted by atomic mass is 10.0. The summed E-state index contributed by atoms with van der Waals surface area (Å²) in [5, 5.41) is 5.87. The van der Waals surface area contributed by atoms with Gasteiger partial charge in [0.05, 0.1) is 7.11 Å². The molecule has 2 N–H and O–H groups in total. The molecule has 154 valence electrons. The first-order chi connectivity index (χ1) is 14.3. The number of hydrogen-bond donors (Lipinski definition) is 2. The summed E-state index contributed by atoms with van der Waals surface area (Å²) in [6, 6.07) is 9.46. The number of carbonyl (C=O) groups excluding carboxylic acids is 2. The van der Waals surface area contributed by atoms with Crippen LogP contribution in [0.15, 0.2) is 49.3 Å². The summed E-state index contributed by atoms with van der Waals surface area (Å²) in [6.07, 6.45) is 3.45. The Hall–Kier alpha value is -3.39. The van der Waals surface area contributed by atoms with Crippen LogP contribution in [0.5, 0.6) is 5.75 Å². The van der Waals surface area contributed by atoms with Crippen LogP contribution in [0.3, 0.4) is 0 Å². The number of aromatic nitrogens is 1. The van der Waals surface area contributed by atoms with E-state index in [2.05, 4.69) is 40.2 Å². The summed E-state index contributed by atoms with van der Waals surface area (Å²) in [6.45, 7) is 6.68. The van der Waals surface area contributed by atoms with Gasteiger partial charge in [0, 0.05) is 52.2 Å². The normalized spacial score (nSPS) is 19.8. The second-order valence-electron chi connectivity index (χ2n) is 7.38. The number of thiophene rings is 1. The molecule has 0 saturated carbocycles. The van der Waals surface area contributed by atoms with Crippen molar-refractivity contribution in [1.29, 1.82) is 0 Å². The smallest absolute Gasteiger partial charge is 0.322 e. The summed E-state index contributed by atoms with van der Waals surface area (Å²) >= 11 is 1.48. The van der Waals surface area contributed by atoms with Gasteiger partial charge in [0.15, 0.2) is 5.54 Å². The number of amides is 3. The summed E-state index contributed by atoms with van der Waals surface area (Å²) in [5.41, 5.74) is 2.64. The highest BCUT2D eigenvalue weighted by Crippen LogP contribution is 2.34. The van der Waals surface area contributed by atoms with Gasteiger partial charge in [0.1, 0.15) is 5.75 Å². The van der Waals surface area contributed by atoms with Crippen LogP contribution >= 0.6 is 11.3 Å². The van der Waals surface area contributed by atoms with Crippen LogP contribution in [-0.4, -0.2) is 36.0 Å². The lowest BCUT2D eigenvalue weighted by Gasteiger charge is -2.18. The minimum absolute atomic E-state index is 0.318. The van der Waals surface area contributed by atoms with Crippen molar-refractivity contribution in [3.63, 3.8) is 0 Å². The van der Waals surface area contributed by atoms with Crippen molar-refractivity contribution in [2.24, 2.45) is 0 Å². The van der Waals surface area contributed by atoms with E-state index in [4.69, 9.17) is 4.74 Å². The largest absolute Gasteiger partial charge is 0.497 e. The molecule has 3 aromatic rings. The van der Waals surface area contributed by atoms with Gasteiger partial charge in [-0.25, -0.2) is 4.79 Å². The number of ether oxygens (including phenoxy) is 1. The van der Waals surface area contributed by atoms with Crippen LogP contribution in [0.2, 0.25) is 0 Å². The maximum atomic E-state index is 11.8. The summed E-state index contributed by atoms with van der Waals surface area (Å²) in [7, 11) is 3.73. The van der Waals surface area contributed by atoms with E-state index in [9.17, 15) is 9.59 Å². The fourth-order valence-electron chi connectivity index (χ4n) is 3.49. The minimum atomic E-state index is -0.971. The van der Waals surface area contributed by atoms with Gasteiger partial charge in [-0.3, -0.25) is 15.1 Å². The molecular formula is C22H22N4O3S. The first-order valence-electron chi connectivity index (χ1n) is 9.37. The van der Waals surface area contributed by atoms with Crippen LogP contribution in [0.25, 0.3) is 15.8 Å². The van der Waals surface area contributed by atoms with Gasteiger partial charge in [-0.05, 0) is 36.8 Å². The molecule has 5 rings (SSSR count). The summed E-state index contributed by atoms with van der Waals surface area (Å²) in [5.74, 6) is 0.581. The monoisotopic (exact) mass is 422 g/mol. The van der Waals surface area contributed by atoms with Gasteiger partial charge < -0.3 is 15.0 Å². The molecule has 0 spiro atoms. The number of hydrogen-bond acceptors (Lipinski definition) is 6. The number of nitrogens with one attached hydrogen (secondary N) is 2.